The lowest BCUT2D eigenvalue weighted by molar-refractivity contribution is 0.638. The molecule has 1 aromatic rings. The molecule has 2 rings (SSSR count). The third-order valence-corrected chi connectivity index (χ3v) is 3.62. The Balaban J connectivity index is 2.09. The van der Waals surface area contributed by atoms with E-state index >= 15 is 0 Å². The quantitative estimate of drug-likeness (QED) is 0.803. The summed E-state index contributed by atoms with van der Waals surface area (Å²) in [5.41, 5.74) is 0. The Kier molecular flexibility index (Phi) is 3.33. The minimum Gasteiger partial charge on any atom is -0.344 e. The van der Waals surface area contributed by atoms with Crippen LogP contribution in [-0.4, -0.2) is 28.4 Å². The summed E-state index contributed by atoms with van der Waals surface area (Å²) in [6.45, 7) is 6.49. The lowest BCUT2D eigenvalue weighted by Gasteiger charge is -2.18. The molecular formula is C11H20N4S. The standard InChI is InChI=1S/C11H20N4S/c1-4-5-15-10(12-13-11(15)16)14(3)7-9-6-8(9)2/h8-9H,4-7H2,1-3H3,(H,13,16). The zero-order valence-electron chi connectivity index (χ0n) is 10.2. The number of aromatic nitrogens is 3. The van der Waals surface area contributed by atoms with Crippen molar-refractivity contribution in [1.29, 1.82) is 0 Å². The molecule has 0 amide bonds. The van der Waals surface area contributed by atoms with E-state index in [2.05, 4.69) is 40.6 Å². The van der Waals surface area contributed by atoms with E-state index in [1.54, 1.807) is 0 Å². The van der Waals surface area contributed by atoms with Gasteiger partial charge in [0.1, 0.15) is 0 Å². The number of H-pyrrole nitrogens is 1. The number of nitrogens with zero attached hydrogens (tertiary/aromatic N) is 3. The van der Waals surface area contributed by atoms with E-state index in [1.807, 2.05) is 0 Å². The molecule has 90 valence electrons. The van der Waals surface area contributed by atoms with Crippen LogP contribution in [-0.2, 0) is 6.54 Å². The average molecular weight is 240 g/mol. The van der Waals surface area contributed by atoms with Gasteiger partial charge in [-0.05, 0) is 36.9 Å². The van der Waals surface area contributed by atoms with Gasteiger partial charge in [-0.2, -0.15) is 0 Å². The highest BCUT2D eigenvalue weighted by Crippen LogP contribution is 2.38. The average Bonchev–Trinajstić information content (AvgIpc) is 2.79. The summed E-state index contributed by atoms with van der Waals surface area (Å²) in [5.74, 6) is 2.69. The van der Waals surface area contributed by atoms with Gasteiger partial charge in [-0.1, -0.05) is 13.8 Å². The fraction of sp³-hybridized carbons (Fsp3) is 0.818. The smallest absolute Gasteiger partial charge is 0.225 e. The van der Waals surface area contributed by atoms with E-state index in [4.69, 9.17) is 12.2 Å². The van der Waals surface area contributed by atoms with Gasteiger partial charge in [0.2, 0.25) is 5.95 Å². The van der Waals surface area contributed by atoms with Crippen LogP contribution in [0.4, 0.5) is 5.95 Å². The second kappa shape index (κ2) is 4.57. The molecular weight excluding hydrogens is 220 g/mol. The molecule has 1 heterocycles. The first kappa shape index (κ1) is 11.6. The summed E-state index contributed by atoms with van der Waals surface area (Å²) >= 11 is 5.23. The van der Waals surface area contributed by atoms with Crippen molar-refractivity contribution in [3.05, 3.63) is 4.77 Å². The molecule has 1 aliphatic rings. The molecule has 1 fully saturated rings. The monoisotopic (exact) mass is 240 g/mol. The van der Waals surface area contributed by atoms with Crippen LogP contribution >= 0.6 is 12.2 Å². The van der Waals surface area contributed by atoms with Crippen LogP contribution in [0, 0.1) is 16.6 Å². The van der Waals surface area contributed by atoms with Crippen LogP contribution in [0.5, 0.6) is 0 Å². The molecule has 1 N–H and O–H groups in total. The van der Waals surface area contributed by atoms with Crippen LogP contribution in [0.1, 0.15) is 26.7 Å². The Morgan fingerprint density at radius 1 is 1.62 bits per heavy atom. The molecule has 2 atom stereocenters. The molecule has 0 spiro atoms. The number of rotatable bonds is 5. The number of nitrogens with one attached hydrogen (secondary N) is 1. The molecule has 0 aromatic carbocycles. The van der Waals surface area contributed by atoms with Crippen molar-refractivity contribution in [2.45, 2.75) is 33.2 Å². The van der Waals surface area contributed by atoms with Crippen molar-refractivity contribution >= 4 is 18.2 Å². The largest absolute Gasteiger partial charge is 0.344 e. The van der Waals surface area contributed by atoms with Crippen LogP contribution < -0.4 is 4.90 Å². The van der Waals surface area contributed by atoms with E-state index < -0.39 is 0 Å². The van der Waals surface area contributed by atoms with E-state index in [9.17, 15) is 0 Å². The van der Waals surface area contributed by atoms with Gasteiger partial charge in [0.15, 0.2) is 4.77 Å². The van der Waals surface area contributed by atoms with Gasteiger partial charge in [0.25, 0.3) is 0 Å². The summed E-state index contributed by atoms with van der Waals surface area (Å²) in [4.78, 5) is 2.22. The van der Waals surface area contributed by atoms with Crippen molar-refractivity contribution in [2.24, 2.45) is 11.8 Å². The maximum Gasteiger partial charge on any atom is 0.225 e. The van der Waals surface area contributed by atoms with Crippen LogP contribution in [0.25, 0.3) is 0 Å². The Morgan fingerprint density at radius 2 is 2.31 bits per heavy atom. The lowest BCUT2D eigenvalue weighted by Crippen LogP contribution is -2.24. The van der Waals surface area contributed by atoms with Crippen molar-refractivity contribution in [3.63, 3.8) is 0 Å². The molecule has 1 aliphatic carbocycles. The van der Waals surface area contributed by atoms with Gasteiger partial charge >= 0.3 is 0 Å². The van der Waals surface area contributed by atoms with Gasteiger partial charge in [-0.15, -0.1) is 5.10 Å². The third-order valence-electron chi connectivity index (χ3n) is 3.31. The maximum atomic E-state index is 5.23. The van der Waals surface area contributed by atoms with Crippen LogP contribution in [0.2, 0.25) is 0 Å². The minimum absolute atomic E-state index is 0.729. The van der Waals surface area contributed by atoms with E-state index in [0.717, 1.165) is 42.1 Å². The zero-order valence-corrected chi connectivity index (χ0v) is 11.0. The molecule has 1 aromatic heterocycles. The van der Waals surface area contributed by atoms with Gasteiger partial charge in [-0.3, -0.25) is 4.57 Å². The molecule has 16 heavy (non-hydrogen) atoms. The normalized spacial score (nSPS) is 23.4. The minimum atomic E-state index is 0.729. The fourth-order valence-electron chi connectivity index (χ4n) is 2.11. The fourth-order valence-corrected chi connectivity index (χ4v) is 2.33. The first-order valence-electron chi connectivity index (χ1n) is 5.99. The second-order valence-electron chi connectivity index (χ2n) is 4.83. The van der Waals surface area contributed by atoms with Crippen LogP contribution in [0.3, 0.4) is 0 Å². The van der Waals surface area contributed by atoms with E-state index in [1.165, 1.54) is 6.42 Å². The van der Waals surface area contributed by atoms with Crippen molar-refractivity contribution in [2.75, 3.05) is 18.5 Å². The number of anilines is 1. The van der Waals surface area contributed by atoms with Crippen molar-refractivity contribution < 1.29 is 0 Å². The van der Waals surface area contributed by atoms with Crippen LogP contribution in [0.15, 0.2) is 0 Å². The number of hydrogen-bond donors (Lipinski definition) is 1. The maximum absolute atomic E-state index is 5.23. The topological polar surface area (TPSA) is 36.9 Å². The second-order valence-corrected chi connectivity index (χ2v) is 5.22. The Bertz CT molecular complexity index is 408. The highest BCUT2D eigenvalue weighted by Gasteiger charge is 2.33. The Hall–Kier alpha value is -0.840. The number of hydrogen-bond acceptors (Lipinski definition) is 3. The van der Waals surface area contributed by atoms with Gasteiger partial charge in [0.05, 0.1) is 0 Å². The van der Waals surface area contributed by atoms with Gasteiger partial charge in [0, 0.05) is 20.1 Å². The highest BCUT2D eigenvalue weighted by atomic mass is 32.1. The van der Waals surface area contributed by atoms with Crippen molar-refractivity contribution in [1.82, 2.24) is 14.8 Å². The molecule has 1 saturated carbocycles. The lowest BCUT2D eigenvalue weighted by atomic mass is 10.3. The Labute approximate surface area is 102 Å². The van der Waals surface area contributed by atoms with E-state index in [-0.39, 0.29) is 0 Å². The molecule has 5 heteroatoms. The van der Waals surface area contributed by atoms with Crippen molar-refractivity contribution in [3.8, 4) is 0 Å². The molecule has 0 bridgehead atoms. The summed E-state index contributed by atoms with van der Waals surface area (Å²) in [6, 6.07) is 0. The molecule has 0 radical (unpaired) electrons. The summed E-state index contributed by atoms with van der Waals surface area (Å²) in [6.07, 6.45) is 2.43. The SMILES string of the molecule is CCCn1c(N(C)CC2CC2C)n[nH]c1=S. The predicted molar refractivity (Wildman–Crippen MR) is 68.2 cm³/mol. The molecule has 0 saturated heterocycles. The predicted octanol–water partition coefficient (Wildman–Crippen LogP) is 2.44. The van der Waals surface area contributed by atoms with Gasteiger partial charge < -0.3 is 4.90 Å². The summed E-state index contributed by atoms with van der Waals surface area (Å²) in [5, 5.41) is 7.19. The number of aromatic amines is 1. The zero-order chi connectivity index (χ0) is 11.7. The summed E-state index contributed by atoms with van der Waals surface area (Å²) in [7, 11) is 2.10. The highest BCUT2D eigenvalue weighted by molar-refractivity contribution is 7.71. The first-order valence-corrected chi connectivity index (χ1v) is 6.40. The van der Waals surface area contributed by atoms with Gasteiger partial charge in [-0.25, -0.2) is 5.10 Å². The third kappa shape index (κ3) is 2.29. The molecule has 0 aliphatic heterocycles. The summed E-state index contributed by atoms with van der Waals surface area (Å²) < 4.78 is 2.81. The van der Waals surface area contributed by atoms with E-state index in [0.29, 0.717) is 0 Å². The first-order chi connectivity index (χ1) is 7.63. The molecule has 4 nitrogen and oxygen atoms in total. The Morgan fingerprint density at radius 3 is 2.88 bits per heavy atom. The molecule has 2 unspecified atom stereocenters.